The van der Waals surface area contributed by atoms with Crippen LogP contribution in [0, 0.1) is 0 Å². The number of ketones is 1. The van der Waals surface area contributed by atoms with Gasteiger partial charge in [-0.2, -0.15) is 0 Å². The van der Waals surface area contributed by atoms with E-state index in [4.69, 9.17) is 0 Å². The molecule has 1 aliphatic heterocycles. The van der Waals surface area contributed by atoms with Crippen molar-refractivity contribution >= 4 is 17.5 Å². The molecular weight excluding hydrogens is 318 g/mol. The van der Waals surface area contributed by atoms with Gasteiger partial charge in [0.1, 0.15) is 0 Å². The fraction of sp³-hybridized carbons (Fsp3) is 0.375. The molecule has 0 aromatic heterocycles. The number of rotatable bonds is 2. The number of aryl methyl sites for hydroxylation is 3. The number of allylic oxidation sites excluding steroid dienone is 1. The topological polar surface area (TPSA) is 20.3 Å². The van der Waals surface area contributed by atoms with Crippen LogP contribution in [0.1, 0.15) is 57.9 Å². The Bertz CT molecular complexity index is 937. The van der Waals surface area contributed by atoms with Gasteiger partial charge in [-0.05, 0) is 91.1 Å². The van der Waals surface area contributed by atoms with Crippen molar-refractivity contribution in [2.45, 2.75) is 45.4 Å². The summed E-state index contributed by atoms with van der Waals surface area (Å²) in [7, 11) is 0. The Labute approximate surface area is 155 Å². The molecule has 2 aromatic rings. The van der Waals surface area contributed by atoms with Gasteiger partial charge < -0.3 is 4.90 Å². The Morgan fingerprint density at radius 2 is 1.77 bits per heavy atom. The van der Waals surface area contributed by atoms with Crippen molar-refractivity contribution in [3.8, 4) is 0 Å². The van der Waals surface area contributed by atoms with Crippen molar-refractivity contribution in [3.05, 3.63) is 69.3 Å². The molecule has 2 nitrogen and oxygen atoms in total. The predicted octanol–water partition coefficient (Wildman–Crippen LogP) is 4.77. The Morgan fingerprint density at radius 1 is 0.962 bits per heavy atom. The Kier molecular flexibility index (Phi) is 3.74. The number of fused-ring (bicyclic) bond motifs is 3. The number of benzene rings is 2. The van der Waals surface area contributed by atoms with Crippen LogP contribution in [0.3, 0.4) is 0 Å². The van der Waals surface area contributed by atoms with Gasteiger partial charge in [0.15, 0.2) is 5.78 Å². The van der Waals surface area contributed by atoms with Gasteiger partial charge >= 0.3 is 0 Å². The molecule has 2 aliphatic carbocycles. The highest BCUT2D eigenvalue weighted by Gasteiger charge is 2.27. The summed E-state index contributed by atoms with van der Waals surface area (Å²) >= 11 is 0. The molecule has 2 aromatic carbocycles. The van der Waals surface area contributed by atoms with Crippen LogP contribution in [-0.2, 0) is 25.7 Å². The quantitative estimate of drug-likeness (QED) is 0.732. The molecule has 132 valence electrons. The third-order valence-electron chi connectivity index (χ3n) is 6.28. The average Bonchev–Trinajstić information content (AvgIpc) is 3.23. The minimum Gasteiger partial charge on any atom is -0.372 e. The van der Waals surface area contributed by atoms with Crippen LogP contribution in [0.25, 0.3) is 6.08 Å². The highest BCUT2D eigenvalue weighted by molar-refractivity contribution is 6.15. The van der Waals surface area contributed by atoms with Gasteiger partial charge in [0.25, 0.3) is 0 Å². The first-order valence-corrected chi connectivity index (χ1v) is 10.0. The zero-order valence-electron chi connectivity index (χ0n) is 15.5. The highest BCUT2D eigenvalue weighted by Crippen LogP contribution is 2.34. The number of carbonyl (C=O) groups excluding carboxylic acids is 1. The Balaban J connectivity index is 1.47. The molecule has 0 unspecified atom stereocenters. The van der Waals surface area contributed by atoms with E-state index in [-0.39, 0.29) is 5.78 Å². The fourth-order valence-electron chi connectivity index (χ4n) is 4.92. The molecule has 0 bridgehead atoms. The van der Waals surface area contributed by atoms with Gasteiger partial charge in [0, 0.05) is 36.3 Å². The molecule has 0 spiro atoms. The SMILES string of the molecule is CCN1CCCc2cc(C=C3Cc4cc5c(cc4C3=O)CCC5)ccc21. The summed E-state index contributed by atoms with van der Waals surface area (Å²) in [5.41, 5.74) is 9.96. The molecule has 0 atom stereocenters. The number of hydrogen-bond donors (Lipinski definition) is 0. The van der Waals surface area contributed by atoms with Crippen LogP contribution in [-0.4, -0.2) is 18.9 Å². The van der Waals surface area contributed by atoms with Gasteiger partial charge in [-0.3, -0.25) is 4.79 Å². The van der Waals surface area contributed by atoms with E-state index in [2.05, 4.69) is 48.2 Å². The van der Waals surface area contributed by atoms with E-state index >= 15 is 0 Å². The third-order valence-corrected chi connectivity index (χ3v) is 6.28. The van der Waals surface area contributed by atoms with Crippen molar-refractivity contribution in [3.63, 3.8) is 0 Å². The minimum atomic E-state index is 0.239. The summed E-state index contributed by atoms with van der Waals surface area (Å²) in [4.78, 5) is 15.4. The third kappa shape index (κ3) is 2.51. The summed E-state index contributed by atoms with van der Waals surface area (Å²) in [5.74, 6) is 0.239. The summed E-state index contributed by atoms with van der Waals surface area (Å²) in [6.45, 7) is 4.44. The van der Waals surface area contributed by atoms with E-state index in [9.17, 15) is 4.79 Å². The Hall–Kier alpha value is -2.35. The van der Waals surface area contributed by atoms with Crippen molar-refractivity contribution < 1.29 is 4.79 Å². The maximum atomic E-state index is 12.9. The predicted molar refractivity (Wildman–Crippen MR) is 107 cm³/mol. The summed E-state index contributed by atoms with van der Waals surface area (Å²) in [6.07, 6.45) is 8.82. The number of carbonyl (C=O) groups is 1. The molecule has 26 heavy (non-hydrogen) atoms. The van der Waals surface area contributed by atoms with Crippen LogP contribution in [0.5, 0.6) is 0 Å². The van der Waals surface area contributed by atoms with Crippen LogP contribution in [0.15, 0.2) is 35.9 Å². The summed E-state index contributed by atoms with van der Waals surface area (Å²) in [6, 6.07) is 11.2. The molecule has 0 radical (unpaired) electrons. The van der Waals surface area contributed by atoms with E-state index < -0.39 is 0 Å². The first kappa shape index (κ1) is 15.9. The van der Waals surface area contributed by atoms with Gasteiger partial charge in [-0.1, -0.05) is 12.1 Å². The largest absolute Gasteiger partial charge is 0.372 e. The highest BCUT2D eigenvalue weighted by atomic mass is 16.1. The lowest BCUT2D eigenvalue weighted by Crippen LogP contribution is -2.28. The maximum Gasteiger partial charge on any atom is 0.189 e. The van der Waals surface area contributed by atoms with Gasteiger partial charge in [0.05, 0.1) is 0 Å². The molecule has 2 heteroatoms. The average molecular weight is 343 g/mol. The van der Waals surface area contributed by atoms with E-state index in [1.165, 1.54) is 52.8 Å². The van der Waals surface area contributed by atoms with E-state index in [1.54, 1.807) is 0 Å². The maximum absolute atomic E-state index is 12.9. The van der Waals surface area contributed by atoms with E-state index in [1.807, 2.05) is 0 Å². The normalized spacial score (nSPS) is 19.7. The second kappa shape index (κ2) is 6.12. The van der Waals surface area contributed by atoms with Crippen molar-refractivity contribution in [1.82, 2.24) is 0 Å². The molecule has 0 saturated carbocycles. The summed E-state index contributed by atoms with van der Waals surface area (Å²) in [5, 5.41) is 0. The number of anilines is 1. The lowest BCUT2D eigenvalue weighted by atomic mass is 9.98. The van der Waals surface area contributed by atoms with Crippen LogP contribution < -0.4 is 4.90 Å². The van der Waals surface area contributed by atoms with Crippen LogP contribution >= 0.6 is 0 Å². The molecule has 0 fully saturated rings. The molecule has 1 heterocycles. The van der Waals surface area contributed by atoms with Crippen molar-refractivity contribution in [2.75, 3.05) is 18.0 Å². The Morgan fingerprint density at radius 3 is 2.62 bits per heavy atom. The second-order valence-corrected chi connectivity index (χ2v) is 7.88. The second-order valence-electron chi connectivity index (χ2n) is 7.88. The minimum absolute atomic E-state index is 0.239. The number of Topliss-reactive ketones (excluding diaryl/α,β-unsaturated/α-hetero) is 1. The van der Waals surface area contributed by atoms with Crippen molar-refractivity contribution in [2.24, 2.45) is 0 Å². The molecule has 3 aliphatic rings. The lowest BCUT2D eigenvalue weighted by Gasteiger charge is -2.30. The van der Waals surface area contributed by atoms with Gasteiger partial charge in [0.2, 0.25) is 0 Å². The standard InChI is InChI=1S/C24H25NO/c1-2-25-10-4-7-19-11-16(8-9-23(19)25)12-21-14-20-13-17-5-3-6-18(17)15-22(20)24(21)26/h8-9,11-13,15H,2-7,10,14H2,1H3. The monoisotopic (exact) mass is 343 g/mol. The van der Waals surface area contributed by atoms with Crippen LogP contribution in [0.4, 0.5) is 5.69 Å². The molecule has 0 amide bonds. The molecule has 5 rings (SSSR count). The van der Waals surface area contributed by atoms with E-state index in [0.29, 0.717) is 0 Å². The smallest absolute Gasteiger partial charge is 0.189 e. The summed E-state index contributed by atoms with van der Waals surface area (Å²) < 4.78 is 0. The van der Waals surface area contributed by atoms with E-state index in [0.717, 1.165) is 43.5 Å². The zero-order valence-corrected chi connectivity index (χ0v) is 15.5. The molecular formula is C24H25NO. The molecule has 0 saturated heterocycles. The number of nitrogens with zero attached hydrogens (tertiary/aromatic N) is 1. The van der Waals surface area contributed by atoms with Gasteiger partial charge in [-0.15, -0.1) is 0 Å². The van der Waals surface area contributed by atoms with Crippen LogP contribution in [0.2, 0.25) is 0 Å². The number of hydrogen-bond acceptors (Lipinski definition) is 2. The first-order valence-electron chi connectivity index (χ1n) is 10.0. The van der Waals surface area contributed by atoms with Crippen molar-refractivity contribution in [1.29, 1.82) is 0 Å². The lowest BCUT2D eigenvalue weighted by molar-refractivity contribution is 0.104. The molecule has 0 N–H and O–H groups in total. The fourth-order valence-corrected chi connectivity index (χ4v) is 4.92. The van der Waals surface area contributed by atoms with Gasteiger partial charge in [-0.25, -0.2) is 0 Å². The zero-order chi connectivity index (χ0) is 17.7. The first-order chi connectivity index (χ1) is 12.7.